The van der Waals surface area contributed by atoms with Crippen LogP contribution in [0.3, 0.4) is 0 Å². The van der Waals surface area contributed by atoms with E-state index in [9.17, 15) is 4.79 Å². The smallest absolute Gasteiger partial charge is 0.231 e. The average molecular weight is 192 g/mol. The Labute approximate surface area is 82.6 Å². The van der Waals surface area contributed by atoms with Gasteiger partial charge < -0.3 is 9.47 Å². The quantitative estimate of drug-likeness (QED) is 0.640. The third-order valence-corrected chi connectivity index (χ3v) is 2.53. The molecule has 1 aromatic carbocycles. The van der Waals surface area contributed by atoms with Crippen molar-refractivity contribution < 1.29 is 14.3 Å². The van der Waals surface area contributed by atoms with Crippen molar-refractivity contribution in [2.45, 2.75) is 20.8 Å². The van der Waals surface area contributed by atoms with Crippen LogP contribution in [0.4, 0.5) is 0 Å². The standard InChI is InChI=1S/C11H12O3/c1-6-4-9-11(14-5-13-9)10(7(6)2)8(3)12/h4H,5H2,1-3H3. The van der Waals surface area contributed by atoms with Crippen LogP contribution in [0.25, 0.3) is 0 Å². The highest BCUT2D eigenvalue weighted by atomic mass is 16.7. The van der Waals surface area contributed by atoms with Crippen molar-refractivity contribution in [3.8, 4) is 11.5 Å². The first-order valence-corrected chi connectivity index (χ1v) is 4.52. The zero-order valence-electron chi connectivity index (χ0n) is 8.51. The summed E-state index contributed by atoms with van der Waals surface area (Å²) in [6, 6.07) is 1.91. The first kappa shape index (κ1) is 9.06. The van der Waals surface area contributed by atoms with Crippen molar-refractivity contribution in [1.82, 2.24) is 0 Å². The molecule has 0 saturated carbocycles. The number of rotatable bonds is 1. The lowest BCUT2D eigenvalue weighted by atomic mass is 9.99. The molecule has 0 unspecified atom stereocenters. The second-order valence-electron chi connectivity index (χ2n) is 3.48. The Balaban J connectivity index is 2.72. The number of ether oxygens (including phenoxy) is 2. The number of aryl methyl sites for hydroxylation is 1. The minimum absolute atomic E-state index is 0.0213. The molecule has 3 nitrogen and oxygen atoms in total. The van der Waals surface area contributed by atoms with E-state index in [0.29, 0.717) is 17.1 Å². The van der Waals surface area contributed by atoms with Crippen molar-refractivity contribution in [3.05, 3.63) is 22.8 Å². The van der Waals surface area contributed by atoms with Crippen LogP contribution in [-0.2, 0) is 0 Å². The summed E-state index contributed by atoms with van der Waals surface area (Å²) < 4.78 is 10.5. The summed E-state index contributed by atoms with van der Waals surface area (Å²) in [4.78, 5) is 11.4. The molecule has 0 amide bonds. The maximum absolute atomic E-state index is 11.4. The van der Waals surface area contributed by atoms with E-state index in [4.69, 9.17) is 9.47 Å². The lowest BCUT2D eigenvalue weighted by Crippen LogP contribution is -2.01. The van der Waals surface area contributed by atoms with Crippen LogP contribution in [0, 0.1) is 13.8 Å². The van der Waals surface area contributed by atoms with Gasteiger partial charge in [0, 0.05) is 0 Å². The largest absolute Gasteiger partial charge is 0.454 e. The van der Waals surface area contributed by atoms with Crippen molar-refractivity contribution in [3.63, 3.8) is 0 Å². The SMILES string of the molecule is CC(=O)c1c(C)c(C)cc2c1OCO2. The predicted molar refractivity (Wildman–Crippen MR) is 52.0 cm³/mol. The second-order valence-corrected chi connectivity index (χ2v) is 3.48. The first-order chi connectivity index (χ1) is 6.61. The molecule has 0 bridgehead atoms. The predicted octanol–water partition coefficient (Wildman–Crippen LogP) is 2.23. The first-order valence-electron chi connectivity index (χ1n) is 4.52. The van der Waals surface area contributed by atoms with Crippen LogP contribution >= 0.6 is 0 Å². The number of ketones is 1. The Kier molecular flexibility index (Phi) is 1.95. The van der Waals surface area contributed by atoms with E-state index in [1.165, 1.54) is 0 Å². The molecule has 14 heavy (non-hydrogen) atoms. The molecule has 74 valence electrons. The molecule has 0 aromatic heterocycles. The van der Waals surface area contributed by atoms with Crippen LogP contribution in [0.1, 0.15) is 28.4 Å². The highest BCUT2D eigenvalue weighted by Crippen LogP contribution is 2.39. The molecule has 1 aliphatic rings. The summed E-state index contributed by atoms with van der Waals surface area (Å²) in [6.07, 6.45) is 0. The van der Waals surface area contributed by atoms with Gasteiger partial charge in [-0.25, -0.2) is 0 Å². The molecular formula is C11H12O3. The van der Waals surface area contributed by atoms with Gasteiger partial charge in [-0.3, -0.25) is 4.79 Å². The molecule has 1 aliphatic heterocycles. The Morgan fingerprint density at radius 1 is 1.36 bits per heavy atom. The Morgan fingerprint density at radius 2 is 2.07 bits per heavy atom. The van der Waals surface area contributed by atoms with E-state index >= 15 is 0 Å². The lowest BCUT2D eigenvalue weighted by molar-refractivity contribution is 0.101. The molecule has 0 radical (unpaired) electrons. The van der Waals surface area contributed by atoms with Gasteiger partial charge in [0.05, 0.1) is 5.56 Å². The van der Waals surface area contributed by atoms with Gasteiger partial charge in [-0.05, 0) is 38.0 Å². The Bertz CT molecular complexity index is 407. The fourth-order valence-corrected chi connectivity index (χ4v) is 1.69. The molecule has 3 heteroatoms. The number of fused-ring (bicyclic) bond motifs is 1. The molecule has 0 saturated heterocycles. The van der Waals surface area contributed by atoms with Gasteiger partial charge in [0.2, 0.25) is 6.79 Å². The molecule has 0 spiro atoms. The maximum Gasteiger partial charge on any atom is 0.231 e. The molecule has 1 aromatic rings. The molecule has 0 fully saturated rings. The number of hydrogen-bond acceptors (Lipinski definition) is 3. The summed E-state index contributed by atoms with van der Waals surface area (Å²) >= 11 is 0. The molecule has 0 aliphatic carbocycles. The Morgan fingerprint density at radius 3 is 2.71 bits per heavy atom. The normalized spacial score (nSPS) is 13.1. The Hall–Kier alpha value is -1.51. The highest BCUT2D eigenvalue weighted by molar-refractivity contribution is 5.99. The molecule has 0 N–H and O–H groups in total. The number of hydrogen-bond donors (Lipinski definition) is 0. The minimum atomic E-state index is 0.0213. The fourth-order valence-electron chi connectivity index (χ4n) is 1.69. The van der Waals surface area contributed by atoms with Crippen molar-refractivity contribution >= 4 is 5.78 Å². The average Bonchev–Trinajstić information content (AvgIpc) is 2.52. The maximum atomic E-state index is 11.4. The van der Waals surface area contributed by atoms with Crippen LogP contribution in [0.15, 0.2) is 6.07 Å². The van der Waals surface area contributed by atoms with Gasteiger partial charge in [0.1, 0.15) is 0 Å². The summed E-state index contributed by atoms with van der Waals surface area (Å²) in [6.45, 7) is 5.64. The van der Waals surface area contributed by atoms with Crippen LogP contribution in [0.5, 0.6) is 11.5 Å². The van der Waals surface area contributed by atoms with Gasteiger partial charge in [-0.2, -0.15) is 0 Å². The van der Waals surface area contributed by atoms with Gasteiger partial charge in [0.25, 0.3) is 0 Å². The summed E-state index contributed by atoms with van der Waals surface area (Å²) in [5.74, 6) is 1.30. The van der Waals surface area contributed by atoms with Gasteiger partial charge in [-0.1, -0.05) is 0 Å². The van der Waals surface area contributed by atoms with Crippen molar-refractivity contribution in [1.29, 1.82) is 0 Å². The monoisotopic (exact) mass is 192 g/mol. The van der Waals surface area contributed by atoms with Crippen LogP contribution in [-0.4, -0.2) is 12.6 Å². The number of Topliss-reactive ketones (excluding diaryl/α,β-unsaturated/α-hetero) is 1. The second kappa shape index (κ2) is 3.01. The van der Waals surface area contributed by atoms with E-state index in [-0.39, 0.29) is 12.6 Å². The minimum Gasteiger partial charge on any atom is -0.454 e. The van der Waals surface area contributed by atoms with E-state index in [1.807, 2.05) is 19.9 Å². The molecular weight excluding hydrogens is 180 g/mol. The fraction of sp³-hybridized carbons (Fsp3) is 0.364. The van der Waals surface area contributed by atoms with E-state index in [0.717, 1.165) is 11.1 Å². The van der Waals surface area contributed by atoms with E-state index < -0.39 is 0 Å². The van der Waals surface area contributed by atoms with E-state index in [2.05, 4.69) is 0 Å². The van der Waals surface area contributed by atoms with E-state index in [1.54, 1.807) is 6.92 Å². The lowest BCUT2D eigenvalue weighted by Gasteiger charge is -2.08. The number of benzene rings is 1. The number of carbonyl (C=O) groups is 1. The third kappa shape index (κ3) is 1.16. The molecule has 0 atom stereocenters. The topological polar surface area (TPSA) is 35.5 Å². The summed E-state index contributed by atoms with van der Waals surface area (Å²) in [5, 5.41) is 0. The van der Waals surface area contributed by atoms with Crippen LogP contribution < -0.4 is 9.47 Å². The number of carbonyl (C=O) groups excluding carboxylic acids is 1. The third-order valence-electron chi connectivity index (χ3n) is 2.53. The van der Waals surface area contributed by atoms with Crippen LogP contribution in [0.2, 0.25) is 0 Å². The van der Waals surface area contributed by atoms with Gasteiger partial charge >= 0.3 is 0 Å². The zero-order valence-corrected chi connectivity index (χ0v) is 8.51. The van der Waals surface area contributed by atoms with Crippen molar-refractivity contribution in [2.24, 2.45) is 0 Å². The highest BCUT2D eigenvalue weighted by Gasteiger charge is 2.23. The molecule has 1 heterocycles. The zero-order chi connectivity index (χ0) is 10.3. The summed E-state index contributed by atoms with van der Waals surface area (Å²) in [5.41, 5.74) is 2.68. The molecule has 2 rings (SSSR count). The summed E-state index contributed by atoms with van der Waals surface area (Å²) in [7, 11) is 0. The van der Waals surface area contributed by atoms with Gasteiger partial charge in [-0.15, -0.1) is 0 Å². The van der Waals surface area contributed by atoms with Gasteiger partial charge in [0.15, 0.2) is 17.3 Å². The van der Waals surface area contributed by atoms with Crippen molar-refractivity contribution in [2.75, 3.05) is 6.79 Å².